The first-order valence-electron chi connectivity index (χ1n) is 46.3. The van der Waals surface area contributed by atoms with Crippen molar-refractivity contribution in [1.82, 2.24) is 39.1 Å². The first-order chi connectivity index (χ1) is 66.4. The molecule has 18 aromatic rings. The molecule has 19 rings (SSSR count). The molecule has 1 N–H and O–H groups in total. The van der Waals surface area contributed by atoms with Crippen LogP contribution < -0.4 is 69.1 Å². The van der Waals surface area contributed by atoms with E-state index in [0.717, 1.165) is 52.8 Å². The molecule has 24 heteroatoms. The molecule has 1 saturated heterocycles. The van der Waals surface area contributed by atoms with Gasteiger partial charge in [-0.1, -0.05) is 403 Å². The maximum atomic E-state index is 14.2. The Hall–Kier alpha value is -10.3. The zero-order chi connectivity index (χ0) is 96.4. The smallest absolute Gasteiger partial charge is 0.399 e. The van der Waals surface area contributed by atoms with Gasteiger partial charge in [0, 0.05) is 115 Å². The average molecular weight is 2150 g/mol. The number of hydrogen-bond acceptors (Lipinski definition) is 9. The Labute approximate surface area is 849 Å². The number of benzene rings is 12. The summed E-state index contributed by atoms with van der Waals surface area (Å²) in [7, 11) is -4.30. The molecule has 0 bridgehead atoms. The zero-order valence-electron chi connectivity index (χ0n) is 80.4. The molecule has 0 amide bonds. The predicted octanol–water partition coefficient (Wildman–Crippen LogP) is 23.5. The molecule has 12 aromatic carbocycles. The van der Waals surface area contributed by atoms with Gasteiger partial charge in [0.15, 0.2) is 5.82 Å². The van der Waals surface area contributed by atoms with Crippen LogP contribution in [-0.2, 0) is 57.4 Å². The molecule has 0 aliphatic carbocycles. The van der Waals surface area contributed by atoms with Crippen LogP contribution in [0.2, 0.25) is 51.4 Å². The van der Waals surface area contributed by atoms with E-state index in [0.29, 0.717) is 34.8 Å². The minimum atomic E-state index is -1.10. The van der Waals surface area contributed by atoms with E-state index in [1.165, 1.54) is 76.0 Å². The normalized spacial score (nSPS) is 12.7. The van der Waals surface area contributed by atoms with Crippen LogP contribution in [0.25, 0.3) is 33.2 Å². The summed E-state index contributed by atoms with van der Waals surface area (Å²) in [6.07, 6.45) is 13.2. The Morgan fingerprint density at radius 1 is 0.399 bits per heavy atom. The van der Waals surface area contributed by atoms with Crippen molar-refractivity contribution in [2.45, 2.75) is 124 Å². The third-order valence-corrected chi connectivity index (χ3v) is 37.0. The third kappa shape index (κ3) is 30.9. The third-order valence-electron chi connectivity index (χ3n) is 22.8. The summed E-state index contributed by atoms with van der Waals surface area (Å²) in [4.78, 5) is 8.37. The molecule has 7 heterocycles. The maximum absolute atomic E-state index is 14.2. The first-order valence-corrected chi connectivity index (χ1v) is 60.2. The SMILES string of the molecule is CCOC(C)n1cc(B2OC(C)(C)C(C)(C)O2)cn1.C[Si](C)(C)CCOCn1ccc2c(-c3cn[nH]c3)c(F)cnc21.C[Si](C)(C)CCOCn1ccc2c(I)c(F)cnc21.[Pd].c1ccc(P(c2ccccc2)c2ccccc2)cc1.c1ccc(P(c2ccccc2)c2ccccc2)cc1.c1ccc(P(c2ccccc2)c2ccccc2)cc1.c1ccc(P(c2ccccc2)c2ccccc2)cc1. The fraction of sp³-hybridized carbons (Fsp3) is 0.193. The van der Waals surface area contributed by atoms with Crippen molar-refractivity contribution in [2.24, 2.45) is 0 Å². The van der Waals surface area contributed by atoms with Crippen LogP contribution in [0.15, 0.2) is 426 Å². The van der Waals surface area contributed by atoms with Gasteiger partial charge in [-0.05, 0) is 184 Å². The van der Waals surface area contributed by atoms with Crippen LogP contribution in [0.4, 0.5) is 8.78 Å². The standard InChI is InChI=1S/4C18H15P.C16H21FN4OSi.C13H23BN2O3.C13H18FIN2OSi.Pd/c4*1-4-10-16(11-5-1)19(17-12-6-2-7-13-17)18-14-8-3-9-15-18;1-23(2,3)7-6-22-11-21-5-4-13-15(12-8-19-20-9-12)14(17)10-18-16(13)21;1-7-17-10(2)16-9-11(8-15-16)14-18-12(3,4)13(5,6)19-14;1-19(2,3)7-6-18-9-17-5-4-10-12(15)11(14)8-16-13(10)17;/h4*1-15H;4-5,8-10H,6-7,11H2,1-3H3,(H,19,20);8-10H,7H2,1-6H3;4-5,8H,6-7,9H2,1-3H3;. The Kier molecular flexibility index (Phi) is 41.2. The van der Waals surface area contributed by atoms with Gasteiger partial charge in [0.1, 0.15) is 36.8 Å². The molecular weight excluding hydrogens is 2020 g/mol. The second-order valence-corrected chi connectivity index (χ2v) is 57.1. The predicted molar refractivity (Wildman–Crippen MR) is 593 cm³/mol. The van der Waals surface area contributed by atoms with Crippen molar-refractivity contribution < 1.29 is 52.7 Å². The average Bonchev–Trinajstić information content (AvgIpc) is 1.63. The number of hydrogen-bond donors (Lipinski definition) is 1. The van der Waals surface area contributed by atoms with Gasteiger partial charge in [-0.3, -0.25) is 5.10 Å². The summed E-state index contributed by atoms with van der Waals surface area (Å²) < 4.78 is 62.7. The monoisotopic (exact) mass is 2140 g/mol. The minimum Gasteiger partial charge on any atom is -0.399 e. The van der Waals surface area contributed by atoms with Gasteiger partial charge < -0.3 is 32.7 Å². The van der Waals surface area contributed by atoms with Crippen LogP contribution in [-0.4, -0.2) is 93.4 Å². The molecular formula is C114H122BF2IN8O5P4PdSi2. The van der Waals surface area contributed by atoms with Crippen molar-refractivity contribution in [3.63, 3.8) is 0 Å². The van der Waals surface area contributed by atoms with E-state index in [9.17, 15) is 8.78 Å². The first kappa shape index (κ1) is 107. The number of aromatic amines is 1. The Morgan fingerprint density at radius 2 is 0.674 bits per heavy atom. The molecule has 710 valence electrons. The van der Waals surface area contributed by atoms with Crippen molar-refractivity contribution >= 4 is 169 Å². The van der Waals surface area contributed by atoms with Crippen molar-refractivity contribution in [2.75, 3.05) is 19.8 Å². The Balaban J connectivity index is 0.000000144. The second kappa shape index (κ2) is 53.4. The number of nitrogens with zero attached hydrogens (tertiary/aromatic N) is 7. The Bertz CT molecular complexity index is 5690. The van der Waals surface area contributed by atoms with Gasteiger partial charge in [0.25, 0.3) is 0 Å². The summed E-state index contributed by atoms with van der Waals surface area (Å²) in [5, 5.41) is 29.3. The molecule has 1 fully saturated rings. The summed E-state index contributed by atoms with van der Waals surface area (Å²) in [5.41, 5.74) is 2.99. The van der Waals surface area contributed by atoms with E-state index in [2.05, 4.69) is 429 Å². The fourth-order valence-corrected chi connectivity index (χ4v) is 26.1. The van der Waals surface area contributed by atoms with Gasteiger partial charge >= 0.3 is 7.12 Å². The van der Waals surface area contributed by atoms with Crippen LogP contribution in [0.3, 0.4) is 0 Å². The molecule has 0 spiro atoms. The van der Waals surface area contributed by atoms with Crippen LogP contribution in [0.5, 0.6) is 0 Å². The molecule has 1 aliphatic rings. The van der Waals surface area contributed by atoms with Gasteiger partial charge in [0.2, 0.25) is 0 Å². The summed E-state index contributed by atoms with van der Waals surface area (Å²) in [5.74, 6) is -0.623. The van der Waals surface area contributed by atoms with Crippen LogP contribution in [0.1, 0.15) is 47.8 Å². The van der Waals surface area contributed by atoms with E-state index in [1.807, 2.05) is 104 Å². The van der Waals surface area contributed by atoms with E-state index in [1.54, 1.807) is 23.3 Å². The molecule has 0 saturated carbocycles. The van der Waals surface area contributed by atoms with E-state index in [4.69, 9.17) is 23.5 Å². The number of pyridine rings is 2. The molecule has 138 heavy (non-hydrogen) atoms. The van der Waals surface area contributed by atoms with Crippen molar-refractivity contribution in [1.29, 1.82) is 0 Å². The quantitative estimate of drug-likeness (QED) is 0.0232. The second-order valence-electron chi connectivity index (χ2n) is 35.9. The Morgan fingerprint density at radius 3 is 0.942 bits per heavy atom. The molecule has 0 radical (unpaired) electrons. The van der Waals surface area contributed by atoms with Crippen molar-refractivity contribution in [3.05, 3.63) is 441 Å². The number of nitrogens with one attached hydrogen (secondary N) is 1. The van der Waals surface area contributed by atoms with Crippen LogP contribution >= 0.6 is 54.3 Å². The molecule has 6 aromatic heterocycles. The fourth-order valence-electron chi connectivity index (χ4n) is 14.9. The largest absolute Gasteiger partial charge is 0.498 e. The summed E-state index contributed by atoms with van der Waals surface area (Å²) in [6.45, 7) is 29.1. The van der Waals surface area contributed by atoms with E-state index in [-0.39, 0.29) is 56.6 Å². The molecule has 1 aliphatic heterocycles. The molecule has 13 nitrogen and oxygen atoms in total. The van der Waals surface area contributed by atoms with Gasteiger partial charge in [-0.2, -0.15) is 10.2 Å². The molecule has 1 unspecified atom stereocenters. The number of rotatable bonds is 27. The number of halogens is 3. The maximum Gasteiger partial charge on any atom is 0.498 e. The zero-order valence-corrected chi connectivity index (χ0v) is 89.7. The number of H-pyrrole nitrogens is 1. The van der Waals surface area contributed by atoms with E-state index < -0.39 is 47.8 Å². The topological polar surface area (TPSA) is 128 Å². The minimum absolute atomic E-state index is 0. The van der Waals surface area contributed by atoms with Gasteiger partial charge in [-0.15, -0.1) is 0 Å². The summed E-state index contributed by atoms with van der Waals surface area (Å²) >= 11 is 2.01. The van der Waals surface area contributed by atoms with Gasteiger partial charge in [-0.25, -0.2) is 23.4 Å². The van der Waals surface area contributed by atoms with Crippen molar-refractivity contribution in [3.8, 4) is 11.1 Å². The number of ether oxygens (including phenoxy) is 3. The summed E-state index contributed by atoms with van der Waals surface area (Å²) in [6, 6.07) is 135. The molecule has 1 atom stereocenters. The number of aromatic nitrogens is 8. The van der Waals surface area contributed by atoms with Gasteiger partial charge in [0.05, 0.1) is 33.4 Å². The van der Waals surface area contributed by atoms with Crippen LogP contribution in [0, 0.1) is 15.2 Å². The van der Waals surface area contributed by atoms with E-state index >= 15 is 0 Å². The number of fused-ring (bicyclic) bond motifs is 2.